The predicted molar refractivity (Wildman–Crippen MR) is 84.4 cm³/mol. The van der Waals surface area contributed by atoms with Crippen LogP contribution in [0.25, 0.3) is 0 Å². The summed E-state index contributed by atoms with van der Waals surface area (Å²) in [5.41, 5.74) is 1.17. The highest BCUT2D eigenvalue weighted by molar-refractivity contribution is 7.09. The van der Waals surface area contributed by atoms with Crippen molar-refractivity contribution in [1.29, 1.82) is 0 Å². The molecule has 2 heterocycles. The number of esters is 1. The summed E-state index contributed by atoms with van der Waals surface area (Å²) < 4.78 is 5.09. The highest BCUT2D eigenvalue weighted by atomic mass is 32.1. The third-order valence-corrected chi connectivity index (χ3v) is 4.91. The number of carbonyl (C=O) groups excluding carboxylic acids is 1. The van der Waals surface area contributed by atoms with Crippen LogP contribution in [0.3, 0.4) is 0 Å². The second kappa shape index (κ2) is 7.87. The van der Waals surface area contributed by atoms with Crippen LogP contribution in [-0.2, 0) is 22.5 Å². The van der Waals surface area contributed by atoms with E-state index < -0.39 is 0 Å². The first-order valence-corrected chi connectivity index (χ1v) is 8.58. The molecule has 1 aliphatic heterocycles. The van der Waals surface area contributed by atoms with Gasteiger partial charge in [-0.25, -0.2) is 4.98 Å². The van der Waals surface area contributed by atoms with Gasteiger partial charge in [0.1, 0.15) is 6.04 Å². The second-order valence-corrected chi connectivity index (χ2v) is 6.27. The molecule has 0 spiro atoms. The Hall–Kier alpha value is -0.980. The second-order valence-electron chi connectivity index (χ2n) is 5.33. The average Bonchev–Trinajstić information content (AvgIpc) is 2.95. The number of carbonyl (C=O) groups is 1. The molecule has 0 saturated carbocycles. The number of ether oxygens (including phenoxy) is 1. The Morgan fingerprint density at radius 3 is 2.67 bits per heavy atom. The normalized spacial score (nSPS) is 18.6. The smallest absolute Gasteiger partial charge is 0.323 e. The van der Waals surface area contributed by atoms with Crippen molar-refractivity contribution in [2.24, 2.45) is 0 Å². The van der Waals surface area contributed by atoms with Crippen LogP contribution in [0, 0.1) is 0 Å². The third-order valence-electron chi connectivity index (χ3n) is 3.87. The van der Waals surface area contributed by atoms with Crippen molar-refractivity contribution in [1.82, 2.24) is 14.8 Å². The lowest BCUT2D eigenvalue weighted by atomic mass is 10.2. The zero-order chi connectivity index (χ0) is 15.2. The molecule has 21 heavy (non-hydrogen) atoms. The van der Waals surface area contributed by atoms with Crippen molar-refractivity contribution >= 4 is 17.3 Å². The zero-order valence-electron chi connectivity index (χ0n) is 13.2. The minimum Gasteiger partial charge on any atom is -0.465 e. The van der Waals surface area contributed by atoms with Gasteiger partial charge < -0.3 is 4.74 Å². The summed E-state index contributed by atoms with van der Waals surface area (Å²) in [6.45, 7) is 11.0. The maximum Gasteiger partial charge on any atom is 0.323 e. The van der Waals surface area contributed by atoms with Gasteiger partial charge in [-0.2, -0.15) is 0 Å². The van der Waals surface area contributed by atoms with Gasteiger partial charge >= 0.3 is 5.97 Å². The first-order valence-electron chi connectivity index (χ1n) is 7.70. The molecule has 118 valence electrons. The molecule has 0 amide bonds. The number of aromatic nitrogens is 1. The van der Waals surface area contributed by atoms with E-state index in [9.17, 15) is 4.79 Å². The summed E-state index contributed by atoms with van der Waals surface area (Å²) in [6, 6.07) is -0.141. The van der Waals surface area contributed by atoms with E-state index in [0.717, 1.165) is 39.1 Å². The van der Waals surface area contributed by atoms with Crippen molar-refractivity contribution < 1.29 is 9.53 Å². The molecular formula is C15H25N3O2S. The van der Waals surface area contributed by atoms with Gasteiger partial charge in [-0.1, -0.05) is 6.92 Å². The van der Waals surface area contributed by atoms with Gasteiger partial charge in [0, 0.05) is 38.1 Å². The van der Waals surface area contributed by atoms with Crippen LogP contribution in [0.2, 0.25) is 0 Å². The fourth-order valence-electron chi connectivity index (χ4n) is 2.53. The number of hydrogen-bond acceptors (Lipinski definition) is 6. The summed E-state index contributed by atoms with van der Waals surface area (Å²) in [5.74, 6) is -0.113. The topological polar surface area (TPSA) is 45.7 Å². The van der Waals surface area contributed by atoms with Gasteiger partial charge in [0.25, 0.3) is 0 Å². The van der Waals surface area contributed by atoms with Crippen molar-refractivity contribution in [2.45, 2.75) is 39.8 Å². The lowest BCUT2D eigenvalue weighted by Gasteiger charge is -2.36. The van der Waals surface area contributed by atoms with Crippen molar-refractivity contribution in [3.05, 3.63) is 16.1 Å². The van der Waals surface area contributed by atoms with Gasteiger partial charge in [-0.3, -0.25) is 14.6 Å². The summed E-state index contributed by atoms with van der Waals surface area (Å²) in [7, 11) is 0. The quantitative estimate of drug-likeness (QED) is 0.749. The van der Waals surface area contributed by atoms with E-state index in [2.05, 4.69) is 27.1 Å². The number of thiazole rings is 1. The van der Waals surface area contributed by atoms with Crippen LogP contribution in [0.1, 0.15) is 31.5 Å². The largest absolute Gasteiger partial charge is 0.465 e. The van der Waals surface area contributed by atoms with Crippen molar-refractivity contribution in [2.75, 3.05) is 32.8 Å². The van der Waals surface area contributed by atoms with Crippen molar-refractivity contribution in [3.8, 4) is 0 Å². The molecule has 0 N–H and O–H groups in total. The molecule has 0 aromatic carbocycles. The van der Waals surface area contributed by atoms with Crippen LogP contribution < -0.4 is 0 Å². The summed E-state index contributed by atoms with van der Waals surface area (Å²) in [4.78, 5) is 21.0. The Morgan fingerprint density at radius 1 is 1.38 bits per heavy atom. The van der Waals surface area contributed by atoms with Crippen molar-refractivity contribution in [3.63, 3.8) is 0 Å². The van der Waals surface area contributed by atoms with Gasteiger partial charge in [-0.15, -0.1) is 11.3 Å². The first-order chi connectivity index (χ1) is 10.1. The highest BCUT2D eigenvalue weighted by Gasteiger charge is 2.26. The third kappa shape index (κ3) is 4.49. The maximum atomic E-state index is 11.8. The molecule has 1 aliphatic rings. The molecular weight excluding hydrogens is 286 g/mol. The standard InChI is InChI=1S/C15H25N3O2S/c1-4-14-16-13(11-21-14)10-17-6-8-18(9-7-17)12(3)15(19)20-5-2/h11-12H,4-10H2,1-3H3/t12-/m0/s1. The predicted octanol–water partition coefficient (Wildman–Crippen LogP) is 1.77. The Morgan fingerprint density at radius 2 is 2.10 bits per heavy atom. The Kier molecular flexibility index (Phi) is 6.14. The van der Waals surface area contributed by atoms with Gasteiger partial charge in [0.15, 0.2) is 0 Å². The fourth-order valence-corrected chi connectivity index (χ4v) is 3.27. The SMILES string of the molecule is CCOC(=O)[C@H](C)N1CCN(Cc2csc(CC)n2)CC1. The minimum absolute atomic E-state index is 0.113. The van der Waals surface area contributed by atoms with Crippen LogP contribution >= 0.6 is 11.3 Å². The zero-order valence-corrected chi connectivity index (χ0v) is 14.0. The van der Waals surface area contributed by atoms with E-state index in [0.29, 0.717) is 6.61 Å². The molecule has 6 heteroatoms. The van der Waals surface area contributed by atoms with E-state index in [4.69, 9.17) is 4.74 Å². The van der Waals surface area contributed by atoms with Crippen LogP contribution in [0.5, 0.6) is 0 Å². The number of rotatable bonds is 6. The molecule has 1 atom stereocenters. The van der Waals surface area contributed by atoms with E-state index in [1.54, 1.807) is 11.3 Å². The molecule has 0 bridgehead atoms. The molecule has 0 unspecified atom stereocenters. The van der Waals surface area contributed by atoms with Crippen LogP contribution in [0.4, 0.5) is 0 Å². The average molecular weight is 311 g/mol. The highest BCUT2D eigenvalue weighted by Crippen LogP contribution is 2.14. The summed E-state index contributed by atoms with van der Waals surface area (Å²) in [5, 5.41) is 3.37. The molecule has 1 fully saturated rings. The Labute approximate surface area is 130 Å². The van der Waals surface area contributed by atoms with Gasteiger partial charge in [0.2, 0.25) is 0 Å². The first kappa shape index (κ1) is 16.4. The number of piperazine rings is 1. The lowest BCUT2D eigenvalue weighted by Crippen LogP contribution is -2.51. The minimum atomic E-state index is -0.141. The van der Waals surface area contributed by atoms with E-state index >= 15 is 0 Å². The lowest BCUT2D eigenvalue weighted by molar-refractivity contribution is -0.149. The summed E-state index contributed by atoms with van der Waals surface area (Å²) in [6.07, 6.45) is 1.01. The van der Waals surface area contributed by atoms with E-state index in [1.165, 1.54) is 10.7 Å². The molecule has 5 nitrogen and oxygen atoms in total. The number of aryl methyl sites for hydroxylation is 1. The molecule has 1 aromatic rings. The molecule has 2 rings (SSSR count). The van der Waals surface area contributed by atoms with E-state index in [-0.39, 0.29) is 12.0 Å². The maximum absolute atomic E-state index is 11.8. The number of nitrogens with zero attached hydrogens (tertiary/aromatic N) is 3. The van der Waals surface area contributed by atoms with Crippen LogP contribution in [0.15, 0.2) is 5.38 Å². The molecule has 1 saturated heterocycles. The fraction of sp³-hybridized carbons (Fsp3) is 0.733. The van der Waals surface area contributed by atoms with Gasteiger partial charge in [0.05, 0.1) is 17.3 Å². The Balaban J connectivity index is 1.78. The van der Waals surface area contributed by atoms with Crippen LogP contribution in [-0.4, -0.2) is 59.6 Å². The summed E-state index contributed by atoms with van der Waals surface area (Å²) >= 11 is 1.74. The monoisotopic (exact) mass is 311 g/mol. The molecule has 0 radical (unpaired) electrons. The molecule has 1 aromatic heterocycles. The van der Waals surface area contributed by atoms with Gasteiger partial charge in [-0.05, 0) is 20.3 Å². The van der Waals surface area contributed by atoms with E-state index in [1.807, 2.05) is 13.8 Å². The Bertz CT molecular complexity index is 456. The molecule has 0 aliphatic carbocycles. The number of hydrogen-bond donors (Lipinski definition) is 0.